The van der Waals surface area contributed by atoms with Gasteiger partial charge in [-0.3, -0.25) is 0 Å². The van der Waals surface area contributed by atoms with E-state index in [0.29, 0.717) is 0 Å². The van der Waals surface area contributed by atoms with Gasteiger partial charge < -0.3 is 10.2 Å². The Morgan fingerprint density at radius 1 is 1.06 bits per heavy atom. The predicted molar refractivity (Wildman–Crippen MR) is 81.0 cm³/mol. The zero-order valence-corrected chi connectivity index (χ0v) is 12.6. The van der Waals surface area contributed by atoms with Crippen molar-refractivity contribution in [3.05, 3.63) is 34.3 Å². The van der Waals surface area contributed by atoms with Crippen molar-refractivity contribution in [2.45, 2.75) is 25.7 Å². The van der Waals surface area contributed by atoms with E-state index in [1.165, 1.54) is 61.9 Å². The summed E-state index contributed by atoms with van der Waals surface area (Å²) >= 11 is 3.47. The van der Waals surface area contributed by atoms with Crippen LogP contribution in [0.3, 0.4) is 0 Å². The first-order chi connectivity index (χ1) is 8.84. The summed E-state index contributed by atoms with van der Waals surface area (Å²) in [4.78, 5) is 2.60. The highest BCUT2D eigenvalue weighted by molar-refractivity contribution is 9.10. The van der Waals surface area contributed by atoms with E-state index in [9.17, 15) is 0 Å². The maximum atomic E-state index is 3.47. The monoisotopic (exact) mass is 310 g/mol. The second kappa shape index (κ2) is 7.93. The van der Waals surface area contributed by atoms with Crippen LogP contribution in [0.25, 0.3) is 0 Å². The van der Waals surface area contributed by atoms with Gasteiger partial charge in [-0.25, -0.2) is 0 Å². The minimum Gasteiger partial charge on any atom is -0.315 e. The van der Waals surface area contributed by atoms with Crippen molar-refractivity contribution < 1.29 is 0 Å². The van der Waals surface area contributed by atoms with Gasteiger partial charge in [-0.1, -0.05) is 28.1 Å². The molecule has 1 aliphatic rings. The fourth-order valence-electron chi connectivity index (χ4n) is 2.44. The molecule has 1 aliphatic heterocycles. The Balaban J connectivity index is 1.61. The molecule has 0 unspecified atom stereocenters. The van der Waals surface area contributed by atoms with Gasteiger partial charge in [-0.05, 0) is 63.0 Å². The van der Waals surface area contributed by atoms with Crippen molar-refractivity contribution in [3.8, 4) is 0 Å². The first-order valence-corrected chi connectivity index (χ1v) is 7.81. The first kappa shape index (κ1) is 14.0. The number of aryl methyl sites for hydroxylation is 1. The van der Waals surface area contributed by atoms with Crippen LogP contribution in [0.15, 0.2) is 28.7 Å². The summed E-state index contributed by atoms with van der Waals surface area (Å²) in [5, 5.41) is 3.45. The lowest BCUT2D eigenvalue weighted by Gasteiger charge is -2.18. The van der Waals surface area contributed by atoms with E-state index >= 15 is 0 Å². The third-order valence-corrected chi connectivity index (χ3v) is 4.06. The molecule has 1 heterocycles. The Morgan fingerprint density at radius 3 is 2.72 bits per heavy atom. The second-order valence-electron chi connectivity index (χ2n) is 5.03. The molecule has 1 aromatic rings. The normalized spacial score (nSPS) is 17.6. The standard InChI is InChI=1S/C15H23BrN2/c16-15-7-5-14(6-8-15)4-1-2-11-18-12-3-9-17-10-13-18/h5-8,17H,1-4,9-13H2. The molecular formula is C15H23BrN2. The molecule has 0 aromatic heterocycles. The number of unbranched alkanes of at least 4 members (excludes halogenated alkanes) is 1. The maximum absolute atomic E-state index is 3.47. The number of nitrogens with one attached hydrogen (secondary N) is 1. The van der Waals surface area contributed by atoms with Crippen molar-refractivity contribution in [1.29, 1.82) is 0 Å². The van der Waals surface area contributed by atoms with Crippen molar-refractivity contribution in [2.24, 2.45) is 0 Å². The zero-order chi connectivity index (χ0) is 12.6. The molecule has 1 fully saturated rings. The zero-order valence-electron chi connectivity index (χ0n) is 11.0. The molecule has 0 bridgehead atoms. The van der Waals surface area contributed by atoms with Crippen LogP contribution >= 0.6 is 15.9 Å². The maximum Gasteiger partial charge on any atom is 0.0175 e. The van der Waals surface area contributed by atoms with Crippen LogP contribution in [0, 0.1) is 0 Å². The molecule has 1 N–H and O–H groups in total. The van der Waals surface area contributed by atoms with Crippen LogP contribution in [0.4, 0.5) is 0 Å². The summed E-state index contributed by atoms with van der Waals surface area (Å²) in [7, 11) is 0. The Hall–Kier alpha value is -0.380. The highest BCUT2D eigenvalue weighted by Gasteiger charge is 2.07. The van der Waals surface area contributed by atoms with Crippen molar-refractivity contribution in [1.82, 2.24) is 10.2 Å². The van der Waals surface area contributed by atoms with Crippen molar-refractivity contribution in [3.63, 3.8) is 0 Å². The van der Waals surface area contributed by atoms with E-state index in [-0.39, 0.29) is 0 Å². The molecule has 100 valence electrons. The average Bonchev–Trinajstić information content (AvgIpc) is 2.65. The van der Waals surface area contributed by atoms with Crippen LogP contribution in [0.2, 0.25) is 0 Å². The minimum absolute atomic E-state index is 1.16. The molecule has 0 atom stereocenters. The van der Waals surface area contributed by atoms with Crippen LogP contribution < -0.4 is 5.32 Å². The topological polar surface area (TPSA) is 15.3 Å². The molecule has 0 aliphatic carbocycles. The smallest absolute Gasteiger partial charge is 0.0175 e. The van der Waals surface area contributed by atoms with Crippen LogP contribution in [0.1, 0.15) is 24.8 Å². The number of hydrogen-bond acceptors (Lipinski definition) is 2. The predicted octanol–water partition coefficient (Wildman–Crippen LogP) is 3.07. The molecule has 18 heavy (non-hydrogen) atoms. The number of nitrogens with zero attached hydrogens (tertiary/aromatic N) is 1. The van der Waals surface area contributed by atoms with Crippen molar-refractivity contribution >= 4 is 15.9 Å². The minimum atomic E-state index is 1.16. The largest absolute Gasteiger partial charge is 0.315 e. The molecule has 0 saturated carbocycles. The molecule has 2 nitrogen and oxygen atoms in total. The molecule has 1 saturated heterocycles. The SMILES string of the molecule is Brc1ccc(CCCCN2CCCNCC2)cc1. The van der Waals surface area contributed by atoms with E-state index in [1.54, 1.807) is 0 Å². The summed E-state index contributed by atoms with van der Waals surface area (Å²) < 4.78 is 1.17. The number of rotatable bonds is 5. The number of halogens is 1. The van der Waals surface area contributed by atoms with E-state index in [2.05, 4.69) is 50.4 Å². The molecule has 3 heteroatoms. The number of hydrogen-bond donors (Lipinski definition) is 1. The molecule has 0 amide bonds. The Bertz CT molecular complexity index is 329. The van der Waals surface area contributed by atoms with E-state index < -0.39 is 0 Å². The average molecular weight is 311 g/mol. The van der Waals surface area contributed by atoms with Gasteiger partial charge in [-0.15, -0.1) is 0 Å². The molecule has 0 radical (unpaired) electrons. The highest BCUT2D eigenvalue weighted by Crippen LogP contribution is 2.12. The first-order valence-electron chi connectivity index (χ1n) is 7.02. The van der Waals surface area contributed by atoms with Crippen LogP contribution in [-0.2, 0) is 6.42 Å². The van der Waals surface area contributed by atoms with Gasteiger partial charge in [0.05, 0.1) is 0 Å². The second-order valence-corrected chi connectivity index (χ2v) is 5.94. The van der Waals surface area contributed by atoms with Gasteiger partial charge >= 0.3 is 0 Å². The van der Waals surface area contributed by atoms with Gasteiger partial charge in [0.15, 0.2) is 0 Å². The van der Waals surface area contributed by atoms with E-state index in [0.717, 1.165) is 6.54 Å². The highest BCUT2D eigenvalue weighted by atomic mass is 79.9. The summed E-state index contributed by atoms with van der Waals surface area (Å²) in [6.45, 7) is 6.10. The third kappa shape index (κ3) is 5.09. The van der Waals surface area contributed by atoms with Crippen LogP contribution in [0.5, 0.6) is 0 Å². The molecular weight excluding hydrogens is 288 g/mol. The molecule has 2 rings (SSSR count). The molecule has 0 spiro atoms. The quantitative estimate of drug-likeness (QED) is 0.841. The Kier molecular flexibility index (Phi) is 6.18. The number of benzene rings is 1. The summed E-state index contributed by atoms with van der Waals surface area (Å²) in [5.41, 5.74) is 1.45. The fourth-order valence-corrected chi connectivity index (χ4v) is 2.71. The lowest BCUT2D eigenvalue weighted by Crippen LogP contribution is -2.29. The lowest BCUT2D eigenvalue weighted by molar-refractivity contribution is 0.286. The van der Waals surface area contributed by atoms with Gasteiger partial charge in [-0.2, -0.15) is 0 Å². The third-order valence-electron chi connectivity index (χ3n) is 3.54. The van der Waals surface area contributed by atoms with E-state index in [4.69, 9.17) is 0 Å². The van der Waals surface area contributed by atoms with Crippen LogP contribution in [-0.4, -0.2) is 37.6 Å². The van der Waals surface area contributed by atoms with Gasteiger partial charge in [0.1, 0.15) is 0 Å². The summed E-state index contributed by atoms with van der Waals surface area (Å²) in [5.74, 6) is 0. The van der Waals surface area contributed by atoms with Gasteiger partial charge in [0.2, 0.25) is 0 Å². The summed E-state index contributed by atoms with van der Waals surface area (Å²) in [6, 6.07) is 8.71. The van der Waals surface area contributed by atoms with Crippen molar-refractivity contribution in [2.75, 3.05) is 32.7 Å². The lowest BCUT2D eigenvalue weighted by atomic mass is 10.1. The van der Waals surface area contributed by atoms with E-state index in [1.807, 2.05) is 0 Å². The van der Waals surface area contributed by atoms with Gasteiger partial charge in [0, 0.05) is 17.6 Å². The Labute approximate surface area is 119 Å². The van der Waals surface area contributed by atoms with Gasteiger partial charge in [0.25, 0.3) is 0 Å². The Morgan fingerprint density at radius 2 is 1.89 bits per heavy atom. The summed E-state index contributed by atoms with van der Waals surface area (Å²) in [6.07, 6.45) is 5.12. The fraction of sp³-hybridized carbons (Fsp3) is 0.600. The molecule has 1 aromatic carbocycles.